The highest BCUT2D eigenvalue weighted by molar-refractivity contribution is 7.99. The molecule has 0 saturated heterocycles. The number of nitrogens with zero attached hydrogens (tertiary/aromatic N) is 3. The van der Waals surface area contributed by atoms with Crippen LogP contribution in [0.3, 0.4) is 0 Å². The molecule has 7 heteroatoms. The second-order valence-corrected chi connectivity index (χ2v) is 7.80. The summed E-state index contributed by atoms with van der Waals surface area (Å²) in [6.45, 7) is 2.15. The summed E-state index contributed by atoms with van der Waals surface area (Å²) in [5.41, 5.74) is 1.10. The molecule has 0 aliphatic heterocycles. The Morgan fingerprint density at radius 3 is 2.91 bits per heavy atom. The maximum atomic E-state index is 12.0. The van der Waals surface area contributed by atoms with Gasteiger partial charge in [-0.15, -0.1) is 21.5 Å². The van der Waals surface area contributed by atoms with E-state index in [1.807, 2.05) is 11.6 Å². The SMILES string of the molecule is CCc1cc(-c2nnc(SCC(=O)NC3CCCC3)n2C)cs1. The lowest BCUT2D eigenvalue weighted by Crippen LogP contribution is -2.33. The lowest BCUT2D eigenvalue weighted by molar-refractivity contribution is -0.119. The molecule has 1 amide bonds. The number of nitrogens with one attached hydrogen (secondary N) is 1. The molecule has 2 heterocycles. The van der Waals surface area contributed by atoms with Crippen LogP contribution in [0.15, 0.2) is 16.6 Å². The summed E-state index contributed by atoms with van der Waals surface area (Å²) in [6.07, 6.45) is 5.71. The van der Waals surface area contributed by atoms with Crippen LogP contribution in [0.4, 0.5) is 0 Å². The van der Waals surface area contributed by atoms with Gasteiger partial charge in [-0.25, -0.2) is 0 Å². The van der Waals surface area contributed by atoms with Crippen molar-refractivity contribution in [3.63, 3.8) is 0 Å². The van der Waals surface area contributed by atoms with Gasteiger partial charge in [-0.2, -0.15) is 0 Å². The van der Waals surface area contributed by atoms with Crippen molar-refractivity contribution in [2.75, 3.05) is 5.75 Å². The van der Waals surface area contributed by atoms with Gasteiger partial charge < -0.3 is 9.88 Å². The maximum absolute atomic E-state index is 12.0. The first kappa shape index (κ1) is 16.5. The zero-order valence-corrected chi connectivity index (χ0v) is 15.2. The number of carbonyl (C=O) groups is 1. The molecule has 5 nitrogen and oxygen atoms in total. The van der Waals surface area contributed by atoms with Gasteiger partial charge in [0.1, 0.15) is 0 Å². The largest absolute Gasteiger partial charge is 0.353 e. The molecule has 0 aromatic carbocycles. The van der Waals surface area contributed by atoms with Crippen LogP contribution in [-0.2, 0) is 18.3 Å². The lowest BCUT2D eigenvalue weighted by atomic mass is 10.2. The number of aromatic nitrogens is 3. The summed E-state index contributed by atoms with van der Waals surface area (Å²) in [6, 6.07) is 2.53. The molecule has 0 atom stereocenters. The first-order valence-corrected chi connectivity index (χ1v) is 9.93. The molecule has 1 fully saturated rings. The van der Waals surface area contributed by atoms with E-state index in [2.05, 4.69) is 33.9 Å². The molecular formula is C16H22N4OS2. The fourth-order valence-electron chi connectivity index (χ4n) is 2.84. The molecule has 0 bridgehead atoms. The van der Waals surface area contributed by atoms with E-state index < -0.39 is 0 Å². The zero-order chi connectivity index (χ0) is 16.2. The number of rotatable bonds is 6. The van der Waals surface area contributed by atoms with Crippen molar-refractivity contribution in [2.45, 2.75) is 50.2 Å². The summed E-state index contributed by atoms with van der Waals surface area (Å²) < 4.78 is 1.97. The van der Waals surface area contributed by atoms with Gasteiger partial charge in [-0.05, 0) is 25.3 Å². The van der Waals surface area contributed by atoms with Gasteiger partial charge in [0, 0.05) is 28.9 Å². The van der Waals surface area contributed by atoms with E-state index in [1.54, 1.807) is 11.3 Å². The van der Waals surface area contributed by atoms with E-state index in [9.17, 15) is 4.79 Å². The summed E-state index contributed by atoms with van der Waals surface area (Å²) in [7, 11) is 1.95. The molecule has 0 unspecified atom stereocenters. The fraction of sp³-hybridized carbons (Fsp3) is 0.562. The second-order valence-electron chi connectivity index (χ2n) is 5.86. The minimum Gasteiger partial charge on any atom is -0.353 e. The van der Waals surface area contributed by atoms with Gasteiger partial charge in [-0.3, -0.25) is 4.79 Å². The van der Waals surface area contributed by atoms with E-state index in [0.29, 0.717) is 11.8 Å². The third-order valence-electron chi connectivity index (χ3n) is 4.15. The molecule has 0 radical (unpaired) electrons. The van der Waals surface area contributed by atoms with Crippen LogP contribution in [0.25, 0.3) is 11.4 Å². The number of carbonyl (C=O) groups excluding carboxylic acids is 1. The zero-order valence-electron chi connectivity index (χ0n) is 13.5. The average Bonchev–Trinajstić information content (AvgIpc) is 3.26. The number of hydrogen-bond donors (Lipinski definition) is 1. The van der Waals surface area contributed by atoms with Gasteiger partial charge in [0.25, 0.3) is 0 Å². The number of thiophene rings is 1. The lowest BCUT2D eigenvalue weighted by Gasteiger charge is -2.11. The molecule has 3 rings (SSSR count). The predicted molar refractivity (Wildman–Crippen MR) is 94.8 cm³/mol. The smallest absolute Gasteiger partial charge is 0.230 e. The van der Waals surface area contributed by atoms with Crippen LogP contribution in [0.1, 0.15) is 37.5 Å². The highest BCUT2D eigenvalue weighted by Crippen LogP contribution is 2.27. The van der Waals surface area contributed by atoms with Crippen LogP contribution in [-0.4, -0.2) is 32.5 Å². The van der Waals surface area contributed by atoms with Crippen LogP contribution in [0.2, 0.25) is 0 Å². The van der Waals surface area contributed by atoms with Crippen LogP contribution >= 0.6 is 23.1 Å². The van der Waals surface area contributed by atoms with Crippen molar-refractivity contribution in [2.24, 2.45) is 7.05 Å². The van der Waals surface area contributed by atoms with Crippen molar-refractivity contribution < 1.29 is 4.79 Å². The minimum atomic E-state index is 0.0928. The van der Waals surface area contributed by atoms with Crippen LogP contribution in [0.5, 0.6) is 0 Å². The van der Waals surface area contributed by atoms with Gasteiger partial charge >= 0.3 is 0 Å². The summed E-state index contributed by atoms with van der Waals surface area (Å²) >= 11 is 3.19. The van der Waals surface area contributed by atoms with Gasteiger partial charge in [0.2, 0.25) is 5.91 Å². The molecule has 2 aromatic heterocycles. The molecule has 1 aliphatic rings. The van der Waals surface area contributed by atoms with Crippen molar-refractivity contribution in [1.82, 2.24) is 20.1 Å². The third kappa shape index (κ3) is 3.95. The standard InChI is InChI=1S/C16H22N4OS2/c1-3-13-8-11(9-22-13)15-18-19-16(20(15)2)23-10-14(21)17-12-6-4-5-7-12/h8-9,12H,3-7,10H2,1-2H3,(H,17,21). The number of aryl methyl sites for hydroxylation is 1. The molecule has 0 spiro atoms. The Hall–Kier alpha value is -1.34. The number of hydrogen-bond acceptors (Lipinski definition) is 5. The Labute approximate surface area is 144 Å². The molecule has 1 saturated carbocycles. The topological polar surface area (TPSA) is 59.8 Å². The Kier molecular flexibility index (Phi) is 5.38. The highest BCUT2D eigenvalue weighted by atomic mass is 32.2. The molecule has 1 N–H and O–H groups in total. The fourth-order valence-corrected chi connectivity index (χ4v) is 4.38. The highest BCUT2D eigenvalue weighted by Gasteiger charge is 2.18. The Morgan fingerprint density at radius 1 is 1.43 bits per heavy atom. The van der Waals surface area contributed by atoms with E-state index in [4.69, 9.17) is 0 Å². The van der Waals surface area contributed by atoms with Gasteiger partial charge in [0.05, 0.1) is 5.75 Å². The normalized spacial score (nSPS) is 15.2. The number of amides is 1. The summed E-state index contributed by atoms with van der Waals surface area (Å²) in [4.78, 5) is 13.4. The monoisotopic (exact) mass is 350 g/mol. The van der Waals surface area contributed by atoms with E-state index in [-0.39, 0.29) is 5.91 Å². The molecular weight excluding hydrogens is 328 g/mol. The maximum Gasteiger partial charge on any atom is 0.230 e. The van der Waals surface area contributed by atoms with Gasteiger partial charge in [0.15, 0.2) is 11.0 Å². The van der Waals surface area contributed by atoms with E-state index >= 15 is 0 Å². The van der Waals surface area contributed by atoms with E-state index in [1.165, 1.54) is 29.5 Å². The molecule has 124 valence electrons. The van der Waals surface area contributed by atoms with Crippen LogP contribution < -0.4 is 5.32 Å². The quantitative estimate of drug-likeness (QED) is 0.813. The predicted octanol–water partition coefficient (Wildman–Crippen LogP) is 3.26. The first-order valence-electron chi connectivity index (χ1n) is 8.06. The summed E-state index contributed by atoms with van der Waals surface area (Å²) in [5, 5.41) is 14.5. The van der Waals surface area contributed by atoms with Gasteiger partial charge in [-0.1, -0.05) is 31.5 Å². The van der Waals surface area contributed by atoms with Crippen LogP contribution in [0, 0.1) is 0 Å². The Bertz CT molecular complexity index is 673. The average molecular weight is 351 g/mol. The Balaban J connectivity index is 1.59. The second kappa shape index (κ2) is 7.49. The summed E-state index contributed by atoms with van der Waals surface area (Å²) in [5.74, 6) is 1.35. The van der Waals surface area contributed by atoms with Crippen molar-refractivity contribution in [3.05, 3.63) is 16.3 Å². The van der Waals surface area contributed by atoms with Crippen molar-refractivity contribution >= 4 is 29.0 Å². The molecule has 2 aromatic rings. The first-order chi connectivity index (χ1) is 11.2. The van der Waals surface area contributed by atoms with Crippen molar-refractivity contribution in [1.29, 1.82) is 0 Å². The Morgan fingerprint density at radius 2 is 2.22 bits per heavy atom. The number of thioether (sulfide) groups is 1. The third-order valence-corrected chi connectivity index (χ3v) is 6.25. The van der Waals surface area contributed by atoms with E-state index in [0.717, 1.165) is 35.8 Å². The van der Waals surface area contributed by atoms with Crippen molar-refractivity contribution in [3.8, 4) is 11.4 Å². The molecule has 23 heavy (non-hydrogen) atoms. The minimum absolute atomic E-state index is 0.0928. The molecule has 1 aliphatic carbocycles.